The van der Waals surface area contributed by atoms with Crippen LogP contribution in [0.3, 0.4) is 0 Å². The number of methoxy groups -OCH3 is 1. The zero-order valence-corrected chi connectivity index (χ0v) is 11.6. The molecule has 104 valence electrons. The molecule has 0 aliphatic heterocycles. The first-order chi connectivity index (χ1) is 9.22. The second-order valence-corrected chi connectivity index (χ2v) is 3.77. The smallest absolute Gasteiger partial charge is 0.333 e. The van der Waals surface area contributed by atoms with Gasteiger partial charge in [-0.3, -0.25) is 0 Å². The Labute approximate surface area is 114 Å². The van der Waals surface area contributed by atoms with Crippen molar-refractivity contribution < 1.29 is 19.0 Å². The van der Waals surface area contributed by atoms with E-state index in [0.29, 0.717) is 36.7 Å². The monoisotopic (exact) mass is 264 g/mol. The molecule has 0 heterocycles. The van der Waals surface area contributed by atoms with E-state index in [1.807, 2.05) is 38.1 Å². The fraction of sp³-hybridized carbons (Fsp3) is 0.400. The van der Waals surface area contributed by atoms with Crippen LogP contribution in [-0.4, -0.2) is 26.3 Å². The highest BCUT2D eigenvalue weighted by molar-refractivity contribution is 5.88. The third-order valence-corrected chi connectivity index (χ3v) is 2.55. The molecule has 0 N–H and O–H groups in total. The van der Waals surface area contributed by atoms with Crippen LogP contribution in [-0.2, 0) is 9.53 Å². The van der Waals surface area contributed by atoms with E-state index in [4.69, 9.17) is 9.47 Å². The molecule has 0 fully saturated rings. The molecular weight excluding hydrogens is 244 g/mol. The van der Waals surface area contributed by atoms with Gasteiger partial charge in [-0.1, -0.05) is 19.1 Å². The van der Waals surface area contributed by atoms with Gasteiger partial charge in [-0.2, -0.15) is 0 Å². The minimum atomic E-state index is -0.316. The normalized spacial score (nSPS) is 11.0. The van der Waals surface area contributed by atoms with Crippen molar-refractivity contribution in [3.8, 4) is 11.5 Å². The number of hydrogen-bond donors (Lipinski definition) is 0. The predicted molar refractivity (Wildman–Crippen MR) is 73.5 cm³/mol. The molecule has 1 aromatic carbocycles. The first-order valence-electron chi connectivity index (χ1n) is 6.34. The summed E-state index contributed by atoms with van der Waals surface area (Å²) in [7, 11) is 1.37. The summed E-state index contributed by atoms with van der Waals surface area (Å²) in [5, 5.41) is 0. The lowest BCUT2D eigenvalue weighted by molar-refractivity contribution is -0.136. The number of rotatable bonds is 7. The topological polar surface area (TPSA) is 44.8 Å². The van der Waals surface area contributed by atoms with Crippen LogP contribution in [0, 0.1) is 0 Å². The molecule has 1 aromatic rings. The quantitative estimate of drug-likeness (QED) is 0.561. The molecule has 0 saturated carbocycles. The highest BCUT2D eigenvalue weighted by Gasteiger charge is 2.07. The Kier molecular flexibility index (Phi) is 6.50. The van der Waals surface area contributed by atoms with Crippen molar-refractivity contribution in [3.63, 3.8) is 0 Å². The minimum Gasteiger partial charge on any atom is -0.490 e. The summed E-state index contributed by atoms with van der Waals surface area (Å²) in [6.45, 7) is 4.71. The number of carbonyl (C=O) groups is 1. The average Bonchev–Trinajstić information content (AvgIpc) is 2.45. The van der Waals surface area contributed by atoms with Crippen molar-refractivity contribution in [2.24, 2.45) is 0 Å². The van der Waals surface area contributed by atoms with Crippen molar-refractivity contribution in [3.05, 3.63) is 35.9 Å². The summed E-state index contributed by atoms with van der Waals surface area (Å²) >= 11 is 0. The molecule has 0 aliphatic carbocycles. The van der Waals surface area contributed by atoms with E-state index in [2.05, 4.69) is 4.74 Å². The van der Waals surface area contributed by atoms with Crippen LogP contribution in [0.25, 0.3) is 0 Å². The molecule has 1 rings (SSSR count). The fourth-order valence-corrected chi connectivity index (χ4v) is 1.58. The SMILES string of the molecule is CCOc1ccccc1OCC=C(CC)C(=O)OC. The molecule has 0 atom stereocenters. The molecule has 4 heteroatoms. The van der Waals surface area contributed by atoms with Crippen LogP contribution in [0.1, 0.15) is 20.3 Å². The van der Waals surface area contributed by atoms with Crippen LogP contribution in [0.5, 0.6) is 11.5 Å². The Balaban J connectivity index is 2.66. The zero-order chi connectivity index (χ0) is 14.1. The minimum absolute atomic E-state index is 0.308. The summed E-state index contributed by atoms with van der Waals surface area (Å²) in [6, 6.07) is 7.45. The van der Waals surface area contributed by atoms with Crippen molar-refractivity contribution >= 4 is 5.97 Å². The third kappa shape index (κ3) is 4.66. The second kappa shape index (κ2) is 8.19. The van der Waals surface area contributed by atoms with Gasteiger partial charge in [0.05, 0.1) is 13.7 Å². The van der Waals surface area contributed by atoms with Crippen LogP contribution in [0.4, 0.5) is 0 Å². The fourth-order valence-electron chi connectivity index (χ4n) is 1.58. The molecule has 0 aliphatic rings. The van der Waals surface area contributed by atoms with Crippen LogP contribution in [0.2, 0.25) is 0 Å². The van der Waals surface area contributed by atoms with Gasteiger partial charge in [0.2, 0.25) is 0 Å². The number of hydrogen-bond acceptors (Lipinski definition) is 4. The highest BCUT2D eigenvalue weighted by atomic mass is 16.5. The van der Waals surface area contributed by atoms with Crippen molar-refractivity contribution in [1.29, 1.82) is 0 Å². The number of para-hydroxylation sites is 2. The van der Waals surface area contributed by atoms with Gasteiger partial charge in [0.15, 0.2) is 11.5 Å². The average molecular weight is 264 g/mol. The van der Waals surface area contributed by atoms with Crippen LogP contribution < -0.4 is 9.47 Å². The van der Waals surface area contributed by atoms with Crippen molar-refractivity contribution in [1.82, 2.24) is 0 Å². The summed E-state index contributed by atoms with van der Waals surface area (Å²) < 4.78 is 15.7. The van der Waals surface area contributed by atoms with Crippen molar-refractivity contribution in [2.75, 3.05) is 20.3 Å². The summed E-state index contributed by atoms with van der Waals surface area (Å²) in [5.74, 6) is 1.06. The van der Waals surface area contributed by atoms with Gasteiger partial charge in [0.1, 0.15) is 6.61 Å². The lowest BCUT2D eigenvalue weighted by Crippen LogP contribution is -2.06. The predicted octanol–water partition coefficient (Wildman–Crippen LogP) is 2.97. The maximum atomic E-state index is 11.4. The molecule has 4 nitrogen and oxygen atoms in total. The zero-order valence-electron chi connectivity index (χ0n) is 11.6. The molecule has 0 saturated heterocycles. The molecule has 19 heavy (non-hydrogen) atoms. The number of benzene rings is 1. The first kappa shape index (κ1) is 15.1. The third-order valence-electron chi connectivity index (χ3n) is 2.55. The van der Waals surface area contributed by atoms with E-state index in [-0.39, 0.29) is 5.97 Å². The van der Waals surface area contributed by atoms with E-state index in [9.17, 15) is 4.79 Å². The standard InChI is InChI=1S/C15H20O4/c1-4-12(15(16)17-3)10-11-19-14-9-7-6-8-13(14)18-5-2/h6-10H,4-5,11H2,1-3H3. The molecule has 0 radical (unpaired) electrons. The molecular formula is C15H20O4. The van der Waals surface area contributed by atoms with Gasteiger partial charge in [-0.25, -0.2) is 4.79 Å². The van der Waals surface area contributed by atoms with Gasteiger partial charge >= 0.3 is 5.97 Å². The highest BCUT2D eigenvalue weighted by Crippen LogP contribution is 2.26. The van der Waals surface area contributed by atoms with E-state index in [0.717, 1.165) is 0 Å². The maximum Gasteiger partial charge on any atom is 0.333 e. The van der Waals surface area contributed by atoms with E-state index < -0.39 is 0 Å². The van der Waals surface area contributed by atoms with Crippen molar-refractivity contribution in [2.45, 2.75) is 20.3 Å². The van der Waals surface area contributed by atoms with Gasteiger partial charge in [-0.05, 0) is 31.6 Å². The molecule has 0 bridgehead atoms. The van der Waals surface area contributed by atoms with Gasteiger partial charge in [-0.15, -0.1) is 0 Å². The van der Waals surface area contributed by atoms with E-state index in [1.54, 1.807) is 6.08 Å². The summed E-state index contributed by atoms with van der Waals surface area (Å²) in [5.41, 5.74) is 0.608. The van der Waals surface area contributed by atoms with E-state index in [1.165, 1.54) is 7.11 Å². The summed E-state index contributed by atoms with van der Waals surface area (Å²) in [4.78, 5) is 11.4. The van der Waals surface area contributed by atoms with E-state index >= 15 is 0 Å². The Morgan fingerprint density at radius 2 is 1.79 bits per heavy atom. The molecule has 0 aromatic heterocycles. The lowest BCUT2D eigenvalue weighted by Gasteiger charge is -2.10. The number of ether oxygens (including phenoxy) is 3. The van der Waals surface area contributed by atoms with Gasteiger partial charge in [0.25, 0.3) is 0 Å². The van der Waals surface area contributed by atoms with Gasteiger partial charge < -0.3 is 14.2 Å². The first-order valence-corrected chi connectivity index (χ1v) is 6.34. The largest absolute Gasteiger partial charge is 0.490 e. The van der Waals surface area contributed by atoms with Crippen LogP contribution >= 0.6 is 0 Å². The number of esters is 1. The summed E-state index contributed by atoms with van der Waals surface area (Å²) in [6.07, 6.45) is 2.34. The van der Waals surface area contributed by atoms with Crippen LogP contribution in [0.15, 0.2) is 35.9 Å². The molecule has 0 amide bonds. The number of carbonyl (C=O) groups excluding carboxylic acids is 1. The second-order valence-electron chi connectivity index (χ2n) is 3.77. The Morgan fingerprint density at radius 3 is 2.32 bits per heavy atom. The molecule has 0 unspecified atom stereocenters. The maximum absolute atomic E-state index is 11.4. The Bertz CT molecular complexity index is 438. The Hall–Kier alpha value is -1.97. The lowest BCUT2D eigenvalue weighted by atomic mass is 10.2. The molecule has 0 spiro atoms. The Morgan fingerprint density at radius 1 is 1.16 bits per heavy atom. The van der Waals surface area contributed by atoms with Gasteiger partial charge in [0, 0.05) is 5.57 Å².